The first-order valence-electron chi connectivity index (χ1n) is 7.37. The number of benzene rings is 2. The zero-order valence-electron chi connectivity index (χ0n) is 13.4. The molecule has 5 heteroatoms. The molecule has 1 unspecified atom stereocenters. The van der Waals surface area contributed by atoms with Gasteiger partial charge < -0.3 is 4.74 Å². The number of nitro benzene ring substituents is 1. The van der Waals surface area contributed by atoms with Crippen LogP contribution >= 0.6 is 15.9 Å². The Morgan fingerprint density at radius 3 is 2.58 bits per heavy atom. The summed E-state index contributed by atoms with van der Waals surface area (Å²) in [5.41, 5.74) is 2.50. The van der Waals surface area contributed by atoms with Crippen LogP contribution in [0.5, 0.6) is 5.75 Å². The third kappa shape index (κ3) is 3.92. The van der Waals surface area contributed by atoms with E-state index < -0.39 is 4.92 Å². The molecule has 0 spiro atoms. The van der Waals surface area contributed by atoms with Crippen molar-refractivity contribution in [2.75, 3.05) is 6.61 Å². The number of nitro groups is 1. The van der Waals surface area contributed by atoms with Gasteiger partial charge in [-0.15, -0.1) is 0 Å². The number of allylic oxidation sites excluding steroid dienone is 1. The predicted molar refractivity (Wildman–Crippen MR) is 99.6 cm³/mol. The third-order valence-corrected chi connectivity index (χ3v) is 4.00. The predicted octanol–water partition coefficient (Wildman–Crippen LogP) is 5.63. The van der Waals surface area contributed by atoms with E-state index in [0.717, 1.165) is 11.1 Å². The molecule has 0 aliphatic rings. The molecule has 124 valence electrons. The molecule has 0 aliphatic heterocycles. The van der Waals surface area contributed by atoms with Gasteiger partial charge in [-0.2, -0.15) is 0 Å². The van der Waals surface area contributed by atoms with Crippen molar-refractivity contribution in [1.82, 2.24) is 0 Å². The maximum absolute atomic E-state index is 11.5. The Labute approximate surface area is 149 Å². The molecular weight excluding hydrogens is 370 g/mol. The van der Waals surface area contributed by atoms with Crippen LogP contribution in [0.15, 0.2) is 71.7 Å². The molecule has 0 aliphatic carbocycles. The summed E-state index contributed by atoms with van der Waals surface area (Å²) in [6.07, 6.45) is 1.56. The van der Waals surface area contributed by atoms with Crippen molar-refractivity contribution in [2.45, 2.75) is 12.8 Å². The van der Waals surface area contributed by atoms with E-state index in [4.69, 9.17) is 4.74 Å². The van der Waals surface area contributed by atoms with E-state index in [0.29, 0.717) is 10.0 Å². The van der Waals surface area contributed by atoms with Crippen molar-refractivity contribution in [3.63, 3.8) is 0 Å². The second kappa shape index (κ2) is 7.93. The van der Waals surface area contributed by atoms with E-state index in [1.54, 1.807) is 6.08 Å². The number of rotatable bonds is 7. The minimum Gasteiger partial charge on any atom is -0.482 e. The van der Waals surface area contributed by atoms with Crippen LogP contribution in [0.1, 0.15) is 24.0 Å². The zero-order chi connectivity index (χ0) is 17.7. The largest absolute Gasteiger partial charge is 0.482 e. The maximum atomic E-state index is 11.5. The van der Waals surface area contributed by atoms with E-state index in [9.17, 15) is 10.1 Å². The molecule has 2 aromatic carbocycles. The SMILES string of the molecule is C=CCOc1c(C(C(=C)C)c2ccccc2)cc(Br)cc1[N+](=O)[O-]. The van der Waals surface area contributed by atoms with Gasteiger partial charge in [0.25, 0.3) is 0 Å². The van der Waals surface area contributed by atoms with Gasteiger partial charge >= 0.3 is 5.69 Å². The number of hydrogen-bond donors (Lipinski definition) is 0. The second-order valence-corrected chi connectivity index (χ2v) is 6.31. The highest BCUT2D eigenvalue weighted by Crippen LogP contribution is 2.43. The van der Waals surface area contributed by atoms with E-state index in [1.165, 1.54) is 6.07 Å². The first-order chi connectivity index (χ1) is 11.5. The molecule has 2 rings (SSSR count). The van der Waals surface area contributed by atoms with Gasteiger partial charge in [0.05, 0.1) is 4.92 Å². The molecule has 0 saturated heterocycles. The highest BCUT2D eigenvalue weighted by Gasteiger charge is 2.27. The van der Waals surface area contributed by atoms with E-state index in [1.807, 2.05) is 43.3 Å². The standard InChI is InChI=1S/C19H18BrNO3/c1-4-10-24-19-16(11-15(20)12-17(19)21(22)23)18(13(2)3)14-8-6-5-7-9-14/h4-9,11-12,18H,1-2,10H2,3H3. The third-order valence-electron chi connectivity index (χ3n) is 3.54. The first-order valence-corrected chi connectivity index (χ1v) is 8.16. The fourth-order valence-electron chi connectivity index (χ4n) is 2.62. The van der Waals surface area contributed by atoms with Crippen molar-refractivity contribution < 1.29 is 9.66 Å². The van der Waals surface area contributed by atoms with Gasteiger partial charge in [0.2, 0.25) is 5.75 Å². The van der Waals surface area contributed by atoms with E-state index >= 15 is 0 Å². The number of halogens is 1. The van der Waals surface area contributed by atoms with Crippen molar-refractivity contribution >= 4 is 21.6 Å². The lowest BCUT2D eigenvalue weighted by Crippen LogP contribution is -2.08. The summed E-state index contributed by atoms with van der Waals surface area (Å²) in [5.74, 6) is 0.0437. The Bertz CT molecular complexity index is 772. The van der Waals surface area contributed by atoms with Gasteiger partial charge in [-0.05, 0) is 18.6 Å². The lowest BCUT2D eigenvalue weighted by molar-refractivity contribution is -0.386. The van der Waals surface area contributed by atoms with E-state index in [2.05, 4.69) is 29.1 Å². The quantitative estimate of drug-likeness (QED) is 0.351. The summed E-state index contributed by atoms with van der Waals surface area (Å²) >= 11 is 3.36. The Morgan fingerprint density at radius 2 is 2.04 bits per heavy atom. The van der Waals surface area contributed by atoms with Crippen LogP contribution in [0.4, 0.5) is 5.69 Å². The molecule has 4 nitrogen and oxygen atoms in total. The van der Waals surface area contributed by atoms with Crippen LogP contribution in [0, 0.1) is 10.1 Å². The van der Waals surface area contributed by atoms with Crippen LogP contribution in [0.2, 0.25) is 0 Å². The van der Waals surface area contributed by atoms with Crippen molar-refractivity contribution in [1.29, 1.82) is 0 Å². The summed E-state index contributed by atoms with van der Waals surface area (Å²) in [6, 6.07) is 13.0. The van der Waals surface area contributed by atoms with Crippen molar-refractivity contribution in [3.05, 3.63) is 93.0 Å². The summed E-state index contributed by atoms with van der Waals surface area (Å²) in [7, 11) is 0. The summed E-state index contributed by atoms with van der Waals surface area (Å²) in [4.78, 5) is 11.0. The van der Waals surface area contributed by atoms with Gasteiger partial charge in [0, 0.05) is 22.0 Å². The van der Waals surface area contributed by atoms with Gasteiger partial charge in [-0.3, -0.25) is 10.1 Å². The summed E-state index contributed by atoms with van der Waals surface area (Å²) in [6.45, 7) is 9.78. The lowest BCUT2D eigenvalue weighted by Gasteiger charge is -2.21. The monoisotopic (exact) mass is 387 g/mol. The van der Waals surface area contributed by atoms with E-state index in [-0.39, 0.29) is 24.0 Å². The molecule has 1 atom stereocenters. The van der Waals surface area contributed by atoms with Gasteiger partial charge in [0.1, 0.15) is 6.61 Å². The average Bonchev–Trinajstić information content (AvgIpc) is 2.54. The number of ether oxygens (including phenoxy) is 1. The fraction of sp³-hybridized carbons (Fsp3) is 0.158. The van der Waals surface area contributed by atoms with Gasteiger partial charge in [0.15, 0.2) is 0 Å². The Hall–Kier alpha value is -2.40. The normalized spacial score (nSPS) is 11.6. The maximum Gasteiger partial charge on any atom is 0.312 e. The molecule has 0 N–H and O–H groups in total. The first kappa shape index (κ1) is 17.9. The minimum atomic E-state index is -0.437. The topological polar surface area (TPSA) is 52.4 Å². The number of hydrogen-bond acceptors (Lipinski definition) is 3. The molecule has 0 bridgehead atoms. The molecule has 2 aromatic rings. The average molecular weight is 388 g/mol. The van der Waals surface area contributed by atoms with Crippen LogP contribution in [-0.4, -0.2) is 11.5 Å². The second-order valence-electron chi connectivity index (χ2n) is 5.39. The Balaban J connectivity index is 2.71. The van der Waals surface area contributed by atoms with Gasteiger partial charge in [-0.25, -0.2) is 0 Å². The molecule has 0 aromatic heterocycles. The zero-order valence-corrected chi connectivity index (χ0v) is 15.0. The molecule has 0 fully saturated rings. The molecule has 0 radical (unpaired) electrons. The molecule has 0 saturated carbocycles. The van der Waals surface area contributed by atoms with Crippen LogP contribution in [0.25, 0.3) is 0 Å². The van der Waals surface area contributed by atoms with Crippen LogP contribution in [0.3, 0.4) is 0 Å². The number of nitrogens with zero attached hydrogens (tertiary/aromatic N) is 1. The highest BCUT2D eigenvalue weighted by molar-refractivity contribution is 9.10. The smallest absolute Gasteiger partial charge is 0.312 e. The lowest BCUT2D eigenvalue weighted by atomic mass is 9.85. The molecular formula is C19H18BrNO3. The van der Waals surface area contributed by atoms with Crippen molar-refractivity contribution in [2.24, 2.45) is 0 Å². The fourth-order valence-corrected chi connectivity index (χ4v) is 3.09. The highest BCUT2D eigenvalue weighted by atomic mass is 79.9. The Morgan fingerprint density at radius 1 is 1.38 bits per heavy atom. The van der Waals surface area contributed by atoms with Crippen LogP contribution in [-0.2, 0) is 0 Å². The Kier molecular flexibility index (Phi) is 5.93. The minimum absolute atomic E-state index is 0.0802. The van der Waals surface area contributed by atoms with Crippen LogP contribution < -0.4 is 4.74 Å². The molecule has 24 heavy (non-hydrogen) atoms. The van der Waals surface area contributed by atoms with Crippen molar-refractivity contribution in [3.8, 4) is 5.75 Å². The van der Waals surface area contributed by atoms with Gasteiger partial charge in [-0.1, -0.05) is 71.1 Å². The molecule has 0 heterocycles. The summed E-state index contributed by atoms with van der Waals surface area (Å²) in [5, 5.41) is 11.5. The molecule has 0 amide bonds. The summed E-state index contributed by atoms with van der Waals surface area (Å²) < 4.78 is 6.29.